The second kappa shape index (κ2) is 29.5. The fraction of sp³-hybridized carbons (Fsp3) is 0.519. The molecule has 3 aromatic carbocycles. The summed E-state index contributed by atoms with van der Waals surface area (Å²) in [5, 5.41) is 13.5. The molecule has 0 bridgehead atoms. The van der Waals surface area contributed by atoms with Crippen LogP contribution in [0.15, 0.2) is 84.9 Å². The van der Waals surface area contributed by atoms with Crippen LogP contribution in [-0.4, -0.2) is 156 Å². The summed E-state index contributed by atoms with van der Waals surface area (Å²) in [6, 6.07) is 20.5. The van der Waals surface area contributed by atoms with Gasteiger partial charge in [-0.15, -0.1) is 0 Å². The van der Waals surface area contributed by atoms with Gasteiger partial charge in [0.2, 0.25) is 35.4 Å². The summed E-state index contributed by atoms with van der Waals surface area (Å²) in [7, 11) is 1.53. The van der Waals surface area contributed by atoms with E-state index in [-0.39, 0.29) is 104 Å². The van der Waals surface area contributed by atoms with Crippen LogP contribution in [0.5, 0.6) is 0 Å². The van der Waals surface area contributed by atoms with Crippen molar-refractivity contribution >= 4 is 47.3 Å². The standard InChI is InChI=1S/C54H69F6N9O8/c1-3-45(70)64-43(49(74)68-28-10-16-41(68)35-66(51(76)53(55,56)57)30-26-37-12-6-4-7-13-37)22-24-46(71)62-32-39-18-20-40(21-19-39)33-63-47(72)25-23-44(65-48(73)34-61-2)50(75)69-29-11-17-42(69)36-67(52(77)54(58,59)60)31-27-38-14-8-5-9-15-38/h4-9,12-15,18-21,41-44,61H,3,10-11,16-17,22-36H2,1-2H3,(H,62,71)(H,63,72)(H,64,70)(H,65,73)/t41-,42-,43-,44-/m0/s1. The molecule has 0 saturated carbocycles. The third-order valence-corrected chi connectivity index (χ3v) is 13.5. The fourth-order valence-corrected chi connectivity index (χ4v) is 9.39. The molecule has 8 amide bonds. The van der Waals surface area contributed by atoms with Crippen LogP contribution >= 0.6 is 0 Å². The summed E-state index contributed by atoms with van der Waals surface area (Å²) in [4.78, 5) is 109. The molecule has 2 saturated heterocycles. The maximum absolute atomic E-state index is 14.0. The number of benzene rings is 3. The van der Waals surface area contributed by atoms with Crippen molar-refractivity contribution < 1.29 is 64.7 Å². The van der Waals surface area contributed by atoms with E-state index in [4.69, 9.17) is 0 Å². The number of rotatable bonds is 27. The van der Waals surface area contributed by atoms with Gasteiger partial charge >= 0.3 is 24.2 Å². The molecule has 4 atom stereocenters. The number of hydrogen-bond donors (Lipinski definition) is 5. The zero-order valence-corrected chi connectivity index (χ0v) is 43.4. The highest BCUT2D eigenvalue weighted by Gasteiger charge is 2.46. The largest absolute Gasteiger partial charge is 0.471 e. The van der Waals surface area contributed by atoms with Gasteiger partial charge in [0, 0.05) is 83.7 Å². The van der Waals surface area contributed by atoms with Crippen LogP contribution < -0.4 is 26.6 Å². The minimum Gasteiger partial charge on any atom is -0.352 e. The van der Waals surface area contributed by atoms with Gasteiger partial charge in [-0.05, 0) is 80.7 Å². The van der Waals surface area contributed by atoms with Crippen LogP contribution in [0, 0.1) is 0 Å². The van der Waals surface area contributed by atoms with E-state index in [9.17, 15) is 64.7 Å². The lowest BCUT2D eigenvalue weighted by atomic mass is 10.1. The van der Waals surface area contributed by atoms with Crippen LogP contribution in [-0.2, 0) is 64.3 Å². The molecule has 0 aliphatic carbocycles. The highest BCUT2D eigenvalue weighted by atomic mass is 19.4. The zero-order chi connectivity index (χ0) is 56.1. The smallest absolute Gasteiger partial charge is 0.352 e. The van der Waals surface area contributed by atoms with Crippen LogP contribution in [0.4, 0.5) is 26.3 Å². The average Bonchev–Trinajstić information content (AvgIpc) is 4.09. The molecule has 0 radical (unpaired) electrons. The van der Waals surface area contributed by atoms with Gasteiger partial charge in [-0.2, -0.15) is 26.3 Å². The Bertz CT molecular complexity index is 2450. The lowest BCUT2D eigenvalue weighted by Crippen LogP contribution is -2.54. The first-order valence-corrected chi connectivity index (χ1v) is 25.9. The maximum Gasteiger partial charge on any atom is 0.471 e. The van der Waals surface area contributed by atoms with E-state index in [2.05, 4.69) is 26.6 Å². The van der Waals surface area contributed by atoms with E-state index in [0.717, 1.165) is 16.0 Å². The van der Waals surface area contributed by atoms with Crippen molar-refractivity contribution in [2.75, 3.05) is 52.9 Å². The first kappa shape index (κ1) is 60.8. The molecule has 0 aromatic heterocycles. The van der Waals surface area contributed by atoms with Crippen molar-refractivity contribution in [3.8, 4) is 0 Å². The Balaban J connectivity index is 1.11. The molecule has 0 spiro atoms. The summed E-state index contributed by atoms with van der Waals surface area (Å²) >= 11 is 0. The zero-order valence-electron chi connectivity index (χ0n) is 43.4. The van der Waals surface area contributed by atoms with Crippen molar-refractivity contribution in [3.63, 3.8) is 0 Å². The lowest BCUT2D eigenvalue weighted by molar-refractivity contribution is -0.186. The fourth-order valence-electron chi connectivity index (χ4n) is 9.39. The summed E-state index contributed by atoms with van der Waals surface area (Å²) in [6.45, 7) is 0.804. The van der Waals surface area contributed by atoms with Gasteiger partial charge in [0.05, 0.1) is 6.54 Å². The Morgan fingerprint density at radius 1 is 0.558 bits per heavy atom. The van der Waals surface area contributed by atoms with E-state index in [1.807, 2.05) is 0 Å². The molecule has 77 heavy (non-hydrogen) atoms. The summed E-state index contributed by atoms with van der Waals surface area (Å²) in [6.07, 6.45) is -8.90. The van der Waals surface area contributed by atoms with E-state index in [0.29, 0.717) is 41.7 Å². The predicted molar refractivity (Wildman–Crippen MR) is 272 cm³/mol. The molecule has 17 nitrogen and oxygen atoms in total. The van der Waals surface area contributed by atoms with Gasteiger partial charge in [-0.25, -0.2) is 0 Å². The highest BCUT2D eigenvalue weighted by molar-refractivity contribution is 5.90. The quantitative estimate of drug-likeness (QED) is 0.0688. The molecular weight excluding hydrogens is 1020 g/mol. The molecule has 420 valence electrons. The van der Waals surface area contributed by atoms with E-state index < -0.39 is 83.8 Å². The number of carbonyl (C=O) groups excluding carboxylic acids is 8. The number of hydrogen-bond acceptors (Lipinski definition) is 9. The molecule has 5 rings (SSSR count). The van der Waals surface area contributed by atoms with Crippen LogP contribution in [0.2, 0.25) is 0 Å². The molecule has 2 aliphatic heterocycles. The number of likely N-dealkylation sites (tertiary alicyclic amines) is 2. The number of halogens is 6. The van der Waals surface area contributed by atoms with Gasteiger partial charge in [0.15, 0.2) is 0 Å². The predicted octanol–water partition coefficient (Wildman–Crippen LogP) is 4.33. The van der Waals surface area contributed by atoms with E-state index >= 15 is 0 Å². The van der Waals surface area contributed by atoms with Crippen molar-refractivity contribution in [1.82, 2.24) is 46.2 Å². The van der Waals surface area contributed by atoms with Crippen molar-refractivity contribution in [3.05, 3.63) is 107 Å². The Morgan fingerprint density at radius 2 is 0.948 bits per heavy atom. The van der Waals surface area contributed by atoms with Crippen LogP contribution in [0.3, 0.4) is 0 Å². The van der Waals surface area contributed by atoms with Crippen molar-refractivity contribution in [1.29, 1.82) is 0 Å². The lowest BCUT2D eigenvalue weighted by Gasteiger charge is -2.33. The van der Waals surface area contributed by atoms with Crippen molar-refractivity contribution in [2.45, 2.75) is 127 Å². The first-order valence-electron chi connectivity index (χ1n) is 25.9. The number of nitrogens with zero attached hydrogens (tertiary/aromatic N) is 4. The Labute approximate surface area is 444 Å². The number of amides is 8. The SMILES string of the molecule is CCC(=O)N[C@@H](CCC(=O)NCc1ccc(CNC(=O)CC[C@H](NC(=O)CNC)C(=O)N2CCC[C@H]2CN(CCc2ccccc2)C(=O)C(F)(F)F)cc1)C(=O)N1CCC[C@H]1CN(CCc1ccccc1)C(=O)C(F)(F)F. The van der Waals surface area contributed by atoms with Gasteiger partial charge in [0.1, 0.15) is 12.1 Å². The minimum absolute atomic E-state index is 0.0345. The van der Waals surface area contributed by atoms with Crippen molar-refractivity contribution in [2.24, 2.45) is 0 Å². The molecule has 2 heterocycles. The van der Waals surface area contributed by atoms with Gasteiger partial charge in [0.25, 0.3) is 0 Å². The van der Waals surface area contributed by atoms with Crippen LogP contribution in [0.1, 0.15) is 87.0 Å². The normalized spacial score (nSPS) is 16.3. The van der Waals surface area contributed by atoms with E-state index in [1.165, 1.54) is 16.8 Å². The molecule has 23 heteroatoms. The van der Waals surface area contributed by atoms with Gasteiger partial charge in [-0.3, -0.25) is 38.4 Å². The molecular formula is C54H69F6N9O8. The molecule has 2 aliphatic rings. The molecule has 3 aromatic rings. The highest BCUT2D eigenvalue weighted by Crippen LogP contribution is 2.27. The van der Waals surface area contributed by atoms with Crippen LogP contribution in [0.25, 0.3) is 0 Å². The minimum atomic E-state index is -5.13. The monoisotopic (exact) mass is 1090 g/mol. The second-order valence-electron chi connectivity index (χ2n) is 19.2. The number of likely N-dealkylation sites (N-methyl/N-ethyl adjacent to an activating group) is 1. The summed E-state index contributed by atoms with van der Waals surface area (Å²) in [5.41, 5.74) is 2.84. The average molecular weight is 1090 g/mol. The van der Waals surface area contributed by atoms with Gasteiger partial charge in [-0.1, -0.05) is 91.9 Å². The van der Waals surface area contributed by atoms with E-state index in [1.54, 1.807) is 91.9 Å². The number of carbonyl (C=O) groups is 8. The third kappa shape index (κ3) is 19.5. The topological polar surface area (TPSA) is 210 Å². The third-order valence-electron chi connectivity index (χ3n) is 13.5. The maximum atomic E-state index is 14.0. The number of nitrogens with one attached hydrogen (secondary N) is 5. The Hall–Kier alpha value is -7.04. The number of alkyl halides is 6. The van der Waals surface area contributed by atoms with Gasteiger partial charge < -0.3 is 46.2 Å². The second-order valence-corrected chi connectivity index (χ2v) is 19.2. The summed E-state index contributed by atoms with van der Waals surface area (Å²) in [5.74, 6) is -7.05. The molecule has 5 N–H and O–H groups in total. The molecule has 0 unspecified atom stereocenters. The summed E-state index contributed by atoms with van der Waals surface area (Å²) < 4.78 is 82.4. The Kier molecular flexibility index (Phi) is 23.3. The first-order chi connectivity index (χ1) is 36.7. The Morgan fingerprint density at radius 3 is 1.31 bits per heavy atom. The molecule has 2 fully saturated rings.